The lowest BCUT2D eigenvalue weighted by molar-refractivity contribution is -0.111. The Morgan fingerprint density at radius 1 is 1.50 bits per heavy atom. The summed E-state index contributed by atoms with van der Waals surface area (Å²) >= 11 is 0. The number of benzene rings is 1. The average molecular weight is 274 g/mol. The summed E-state index contributed by atoms with van der Waals surface area (Å²) < 4.78 is 7.56. The molecule has 1 saturated carbocycles. The Morgan fingerprint density at radius 2 is 2.25 bits per heavy atom. The minimum atomic E-state index is -0.915. The molecule has 2 unspecified atom stereocenters. The van der Waals surface area contributed by atoms with Crippen molar-refractivity contribution in [2.75, 3.05) is 7.11 Å². The third-order valence-corrected chi connectivity index (χ3v) is 4.57. The van der Waals surface area contributed by atoms with Crippen molar-refractivity contribution in [3.63, 3.8) is 0 Å². The van der Waals surface area contributed by atoms with Gasteiger partial charge in [-0.2, -0.15) is 0 Å². The molecule has 1 aliphatic carbocycles. The molecule has 106 valence electrons. The van der Waals surface area contributed by atoms with Crippen LogP contribution in [0.4, 0.5) is 0 Å². The van der Waals surface area contributed by atoms with Gasteiger partial charge >= 0.3 is 5.97 Å². The van der Waals surface area contributed by atoms with Crippen LogP contribution in [0.1, 0.15) is 36.7 Å². The third kappa shape index (κ3) is 1.73. The Hall–Kier alpha value is -1.88. The van der Waals surface area contributed by atoms with Crippen LogP contribution in [0, 0.1) is 5.41 Å². The van der Waals surface area contributed by atoms with Crippen LogP contribution < -0.4 is 0 Å². The molecule has 2 atom stereocenters. The Labute approximate surface area is 117 Å². The van der Waals surface area contributed by atoms with Crippen molar-refractivity contribution in [2.45, 2.75) is 32.4 Å². The van der Waals surface area contributed by atoms with E-state index < -0.39 is 5.97 Å². The number of aromatic carboxylic acids is 1. The summed E-state index contributed by atoms with van der Waals surface area (Å²) in [5.41, 5.74) is 2.01. The number of hydrogen-bond acceptors (Lipinski definition) is 3. The van der Waals surface area contributed by atoms with Gasteiger partial charge in [0.05, 0.1) is 29.0 Å². The second-order valence-corrected chi connectivity index (χ2v) is 5.96. The molecule has 1 N–H and O–H groups in total. The fourth-order valence-corrected chi connectivity index (χ4v) is 3.14. The molecule has 0 saturated heterocycles. The Balaban J connectivity index is 2.05. The average Bonchev–Trinajstić information content (AvgIpc) is 2.81. The number of carboxylic acid groups (broad SMARTS) is 1. The van der Waals surface area contributed by atoms with Gasteiger partial charge in [-0.25, -0.2) is 9.78 Å². The number of imidazole rings is 1. The number of methoxy groups -OCH3 is 1. The number of fused-ring (bicyclic) bond motifs is 1. The number of carbonyl (C=O) groups is 1. The summed E-state index contributed by atoms with van der Waals surface area (Å²) in [6.07, 6.45) is 2.95. The Kier molecular flexibility index (Phi) is 2.83. The predicted molar refractivity (Wildman–Crippen MR) is 74.9 cm³/mol. The van der Waals surface area contributed by atoms with Crippen LogP contribution >= 0.6 is 0 Å². The zero-order valence-corrected chi connectivity index (χ0v) is 11.8. The molecule has 0 aliphatic heterocycles. The maximum absolute atomic E-state index is 11.1. The molecule has 1 aromatic heterocycles. The lowest BCUT2D eigenvalue weighted by atomic mass is 9.64. The van der Waals surface area contributed by atoms with Gasteiger partial charge in [-0.05, 0) is 24.6 Å². The zero-order chi connectivity index (χ0) is 14.5. The fourth-order valence-electron chi connectivity index (χ4n) is 3.14. The summed E-state index contributed by atoms with van der Waals surface area (Å²) in [5, 5.41) is 9.12. The van der Waals surface area contributed by atoms with Gasteiger partial charge in [-0.1, -0.05) is 13.8 Å². The summed E-state index contributed by atoms with van der Waals surface area (Å²) in [7, 11) is 1.73. The van der Waals surface area contributed by atoms with Gasteiger partial charge in [0.15, 0.2) is 0 Å². The van der Waals surface area contributed by atoms with Crippen LogP contribution in [-0.2, 0) is 4.74 Å². The van der Waals surface area contributed by atoms with Crippen LogP contribution in [0.3, 0.4) is 0 Å². The first-order valence-electron chi connectivity index (χ1n) is 6.68. The van der Waals surface area contributed by atoms with E-state index in [0.29, 0.717) is 5.56 Å². The number of aromatic nitrogens is 2. The highest BCUT2D eigenvalue weighted by Gasteiger charge is 2.49. The molecule has 0 radical (unpaired) electrons. The van der Waals surface area contributed by atoms with Crippen molar-refractivity contribution in [2.24, 2.45) is 5.41 Å². The summed E-state index contributed by atoms with van der Waals surface area (Å²) in [4.78, 5) is 15.5. The second kappa shape index (κ2) is 4.31. The second-order valence-electron chi connectivity index (χ2n) is 5.96. The molecule has 0 bridgehead atoms. The largest absolute Gasteiger partial charge is 0.478 e. The van der Waals surface area contributed by atoms with Gasteiger partial charge in [-0.3, -0.25) is 0 Å². The van der Waals surface area contributed by atoms with Gasteiger partial charge in [0.25, 0.3) is 0 Å². The lowest BCUT2D eigenvalue weighted by Gasteiger charge is -2.51. The van der Waals surface area contributed by atoms with Gasteiger partial charge in [-0.15, -0.1) is 0 Å². The molecule has 5 nitrogen and oxygen atoms in total. The fraction of sp³-hybridized carbons (Fsp3) is 0.467. The molecule has 1 aromatic carbocycles. The van der Waals surface area contributed by atoms with Crippen molar-refractivity contribution in [3.8, 4) is 0 Å². The van der Waals surface area contributed by atoms with Crippen molar-refractivity contribution in [1.82, 2.24) is 9.55 Å². The van der Waals surface area contributed by atoms with E-state index in [-0.39, 0.29) is 17.6 Å². The van der Waals surface area contributed by atoms with Crippen molar-refractivity contribution in [3.05, 3.63) is 30.1 Å². The smallest absolute Gasteiger partial charge is 0.335 e. The topological polar surface area (TPSA) is 64.4 Å². The van der Waals surface area contributed by atoms with E-state index in [0.717, 1.165) is 17.5 Å². The maximum Gasteiger partial charge on any atom is 0.335 e. The van der Waals surface area contributed by atoms with Gasteiger partial charge in [0.2, 0.25) is 0 Å². The van der Waals surface area contributed by atoms with Crippen LogP contribution in [0.25, 0.3) is 11.0 Å². The Morgan fingerprint density at radius 3 is 2.85 bits per heavy atom. The number of nitrogens with zero attached hydrogens (tertiary/aromatic N) is 2. The molecule has 1 aliphatic rings. The number of hydrogen-bond donors (Lipinski definition) is 1. The molecule has 2 aromatic rings. The van der Waals surface area contributed by atoms with Gasteiger partial charge in [0, 0.05) is 18.6 Å². The minimum absolute atomic E-state index is 0.0155. The first-order chi connectivity index (χ1) is 9.45. The van der Waals surface area contributed by atoms with E-state index in [1.54, 1.807) is 31.6 Å². The molecular weight excluding hydrogens is 256 g/mol. The molecule has 0 spiro atoms. The first kappa shape index (κ1) is 13.1. The van der Waals surface area contributed by atoms with Crippen LogP contribution in [0.2, 0.25) is 0 Å². The van der Waals surface area contributed by atoms with E-state index in [2.05, 4.69) is 23.4 Å². The predicted octanol–water partition coefficient (Wildman–Crippen LogP) is 2.72. The molecular formula is C15H18N2O3. The molecule has 3 rings (SSSR count). The summed E-state index contributed by atoms with van der Waals surface area (Å²) in [5.74, 6) is -0.915. The Bertz CT molecular complexity index is 675. The number of ether oxygens (including phenoxy) is 1. The molecule has 20 heavy (non-hydrogen) atoms. The quantitative estimate of drug-likeness (QED) is 0.934. The van der Waals surface area contributed by atoms with E-state index >= 15 is 0 Å². The zero-order valence-electron chi connectivity index (χ0n) is 11.8. The van der Waals surface area contributed by atoms with E-state index in [1.165, 1.54) is 0 Å². The van der Waals surface area contributed by atoms with E-state index in [4.69, 9.17) is 9.84 Å². The third-order valence-electron chi connectivity index (χ3n) is 4.57. The number of rotatable bonds is 3. The summed E-state index contributed by atoms with van der Waals surface area (Å²) in [6, 6.07) is 5.32. The SMILES string of the molecule is COC1CC(n2cnc3ccc(C(=O)O)cc32)C1(C)C. The normalized spacial score (nSPS) is 24.6. The van der Waals surface area contributed by atoms with Crippen LogP contribution in [0.5, 0.6) is 0 Å². The molecule has 1 fully saturated rings. The monoisotopic (exact) mass is 274 g/mol. The van der Waals surface area contributed by atoms with Crippen LogP contribution in [0.15, 0.2) is 24.5 Å². The van der Waals surface area contributed by atoms with Crippen LogP contribution in [-0.4, -0.2) is 33.8 Å². The van der Waals surface area contributed by atoms with Crippen molar-refractivity contribution in [1.29, 1.82) is 0 Å². The van der Waals surface area contributed by atoms with Crippen molar-refractivity contribution >= 4 is 17.0 Å². The summed E-state index contributed by atoms with van der Waals surface area (Å²) in [6.45, 7) is 4.34. The molecule has 5 heteroatoms. The molecule has 1 heterocycles. The van der Waals surface area contributed by atoms with Gasteiger partial charge < -0.3 is 14.4 Å². The first-order valence-corrected chi connectivity index (χ1v) is 6.68. The lowest BCUT2D eigenvalue weighted by Crippen LogP contribution is -2.50. The highest BCUT2D eigenvalue weighted by atomic mass is 16.5. The van der Waals surface area contributed by atoms with E-state index in [1.807, 2.05) is 0 Å². The number of carboxylic acids is 1. The van der Waals surface area contributed by atoms with Crippen molar-refractivity contribution < 1.29 is 14.6 Å². The highest BCUT2D eigenvalue weighted by Crippen LogP contribution is 2.51. The minimum Gasteiger partial charge on any atom is -0.478 e. The maximum atomic E-state index is 11.1. The van der Waals surface area contributed by atoms with Gasteiger partial charge in [0.1, 0.15) is 0 Å². The highest BCUT2D eigenvalue weighted by molar-refractivity contribution is 5.92. The molecule has 0 amide bonds. The standard InChI is InChI=1S/C15H18N2O3/c1-15(2)12(7-13(15)20-3)17-8-16-10-5-4-9(14(18)19)6-11(10)17/h4-6,8,12-13H,7H2,1-3H3,(H,18,19). The van der Waals surface area contributed by atoms with E-state index in [9.17, 15) is 4.79 Å².